The molecule has 18 heavy (non-hydrogen) atoms. The molecule has 0 spiro atoms. The fraction of sp³-hybridized carbons (Fsp3) is 0.333. The molecule has 1 aromatic carbocycles. The first-order valence-electron chi connectivity index (χ1n) is 6.28. The number of benzene rings is 1. The van der Waals surface area contributed by atoms with Crippen molar-refractivity contribution in [2.24, 2.45) is 5.73 Å². The maximum atomic E-state index is 6.72. The number of fused-ring (bicyclic) bond motifs is 1. The second kappa shape index (κ2) is 4.80. The zero-order valence-corrected chi connectivity index (χ0v) is 12.6. The number of hydrogen-bond acceptors (Lipinski definition) is 2. The van der Waals surface area contributed by atoms with Crippen LogP contribution in [0, 0.1) is 0 Å². The summed E-state index contributed by atoms with van der Waals surface area (Å²) >= 11 is 5.40. The van der Waals surface area contributed by atoms with Crippen molar-refractivity contribution >= 4 is 27.3 Å². The Kier molecular flexibility index (Phi) is 3.31. The minimum Gasteiger partial charge on any atom is -0.321 e. The monoisotopic (exact) mass is 321 g/mol. The first kappa shape index (κ1) is 12.4. The Morgan fingerprint density at radius 3 is 2.89 bits per heavy atom. The highest BCUT2D eigenvalue weighted by molar-refractivity contribution is 9.10. The van der Waals surface area contributed by atoms with Gasteiger partial charge in [0.2, 0.25) is 0 Å². The molecule has 1 aliphatic rings. The van der Waals surface area contributed by atoms with E-state index in [-0.39, 0.29) is 5.54 Å². The summed E-state index contributed by atoms with van der Waals surface area (Å²) in [4.78, 5) is 1.36. The third kappa shape index (κ3) is 2.15. The molecule has 1 aromatic heterocycles. The average Bonchev–Trinajstić information content (AvgIpc) is 2.75. The number of thiophene rings is 1. The lowest BCUT2D eigenvalue weighted by Crippen LogP contribution is -2.42. The van der Waals surface area contributed by atoms with Crippen LogP contribution in [0.2, 0.25) is 0 Å². The molecule has 2 aromatic rings. The molecule has 3 heteroatoms. The van der Waals surface area contributed by atoms with E-state index >= 15 is 0 Å². The van der Waals surface area contributed by atoms with Gasteiger partial charge in [0.1, 0.15) is 0 Å². The fourth-order valence-electron chi connectivity index (χ4n) is 2.87. The van der Waals surface area contributed by atoms with Crippen LogP contribution in [0.1, 0.15) is 28.8 Å². The van der Waals surface area contributed by atoms with Crippen LogP contribution in [-0.4, -0.2) is 0 Å². The Hall–Kier alpha value is -0.640. The molecule has 1 heterocycles. The number of rotatable bonds is 2. The summed E-state index contributed by atoms with van der Waals surface area (Å²) in [6, 6.07) is 10.8. The van der Waals surface area contributed by atoms with Crippen molar-refractivity contribution in [2.45, 2.75) is 31.2 Å². The predicted molar refractivity (Wildman–Crippen MR) is 81.0 cm³/mol. The van der Waals surface area contributed by atoms with Gasteiger partial charge in [0, 0.05) is 21.3 Å². The lowest BCUT2D eigenvalue weighted by atomic mass is 9.75. The molecule has 0 aliphatic heterocycles. The molecule has 0 radical (unpaired) electrons. The van der Waals surface area contributed by atoms with Crippen LogP contribution >= 0.6 is 27.3 Å². The summed E-state index contributed by atoms with van der Waals surface area (Å²) in [5.41, 5.74) is 9.30. The van der Waals surface area contributed by atoms with Gasteiger partial charge in [-0.3, -0.25) is 0 Å². The maximum Gasteiger partial charge on any atom is 0.0461 e. The highest BCUT2D eigenvalue weighted by atomic mass is 79.9. The second-order valence-corrected chi connectivity index (χ2v) is 6.89. The average molecular weight is 322 g/mol. The van der Waals surface area contributed by atoms with Crippen LogP contribution in [0.3, 0.4) is 0 Å². The standard InChI is InChI=1S/C15H16BrNS/c16-13-7-9-18-14(13)10-15(17)8-3-5-11-4-1-2-6-12(11)15/h1-2,4,6-7,9H,3,5,8,10,17H2. The molecule has 0 saturated heterocycles. The molecule has 0 amide bonds. The summed E-state index contributed by atoms with van der Waals surface area (Å²) in [5.74, 6) is 0. The van der Waals surface area contributed by atoms with Gasteiger partial charge in [0.05, 0.1) is 0 Å². The van der Waals surface area contributed by atoms with E-state index in [1.807, 2.05) is 0 Å². The summed E-state index contributed by atoms with van der Waals surface area (Å²) in [6.45, 7) is 0. The van der Waals surface area contributed by atoms with Gasteiger partial charge >= 0.3 is 0 Å². The van der Waals surface area contributed by atoms with Gasteiger partial charge in [-0.15, -0.1) is 11.3 Å². The topological polar surface area (TPSA) is 26.0 Å². The van der Waals surface area contributed by atoms with E-state index in [0.29, 0.717) is 0 Å². The van der Waals surface area contributed by atoms with Crippen molar-refractivity contribution in [2.75, 3.05) is 0 Å². The van der Waals surface area contributed by atoms with Crippen molar-refractivity contribution in [3.05, 3.63) is 56.2 Å². The Labute approximate surface area is 120 Å². The van der Waals surface area contributed by atoms with Gasteiger partial charge in [-0.25, -0.2) is 0 Å². The fourth-order valence-corrected chi connectivity index (χ4v) is 4.49. The van der Waals surface area contributed by atoms with Crippen LogP contribution in [-0.2, 0) is 18.4 Å². The Morgan fingerprint density at radius 1 is 1.28 bits per heavy atom. The van der Waals surface area contributed by atoms with E-state index in [1.165, 1.54) is 33.3 Å². The zero-order valence-electron chi connectivity index (χ0n) is 10.2. The predicted octanol–water partition coefficient (Wildman–Crippen LogP) is 4.24. The van der Waals surface area contributed by atoms with Crippen molar-refractivity contribution in [3.63, 3.8) is 0 Å². The lowest BCUT2D eigenvalue weighted by molar-refractivity contribution is 0.371. The van der Waals surface area contributed by atoms with Gasteiger partial charge < -0.3 is 5.73 Å². The van der Waals surface area contributed by atoms with Gasteiger partial charge in [-0.1, -0.05) is 24.3 Å². The Balaban J connectivity index is 1.98. The van der Waals surface area contributed by atoms with Crippen molar-refractivity contribution < 1.29 is 0 Å². The Bertz CT molecular complexity index is 563. The second-order valence-electron chi connectivity index (χ2n) is 5.04. The van der Waals surface area contributed by atoms with Crippen LogP contribution in [0.5, 0.6) is 0 Å². The summed E-state index contributed by atoms with van der Waals surface area (Å²) in [5, 5.41) is 2.12. The smallest absolute Gasteiger partial charge is 0.0461 e. The zero-order chi connectivity index (χ0) is 12.6. The highest BCUT2D eigenvalue weighted by Gasteiger charge is 2.33. The van der Waals surface area contributed by atoms with E-state index in [4.69, 9.17) is 5.73 Å². The summed E-state index contributed by atoms with van der Waals surface area (Å²) < 4.78 is 1.19. The van der Waals surface area contributed by atoms with E-state index in [1.54, 1.807) is 11.3 Å². The number of halogens is 1. The van der Waals surface area contributed by atoms with E-state index in [9.17, 15) is 0 Å². The molecular formula is C15H16BrNS. The SMILES string of the molecule is NC1(Cc2sccc2Br)CCCc2ccccc21. The summed E-state index contributed by atoms with van der Waals surface area (Å²) in [6.07, 6.45) is 4.37. The molecule has 94 valence electrons. The van der Waals surface area contributed by atoms with Gasteiger partial charge in [-0.05, 0) is 57.8 Å². The van der Waals surface area contributed by atoms with Crippen LogP contribution in [0.4, 0.5) is 0 Å². The number of aryl methyl sites for hydroxylation is 1. The van der Waals surface area contributed by atoms with E-state index in [2.05, 4.69) is 51.6 Å². The minimum absolute atomic E-state index is 0.192. The van der Waals surface area contributed by atoms with Gasteiger partial charge in [-0.2, -0.15) is 0 Å². The molecule has 1 unspecified atom stereocenters. The molecule has 1 atom stereocenters. The molecule has 3 rings (SSSR count). The van der Waals surface area contributed by atoms with Crippen LogP contribution in [0.25, 0.3) is 0 Å². The van der Waals surface area contributed by atoms with Crippen LogP contribution in [0.15, 0.2) is 40.2 Å². The third-order valence-corrected chi connectivity index (χ3v) is 5.72. The Morgan fingerprint density at radius 2 is 2.11 bits per heavy atom. The quantitative estimate of drug-likeness (QED) is 0.879. The van der Waals surface area contributed by atoms with Crippen molar-refractivity contribution in [1.82, 2.24) is 0 Å². The van der Waals surface area contributed by atoms with Gasteiger partial charge in [0.15, 0.2) is 0 Å². The number of hydrogen-bond donors (Lipinski definition) is 1. The van der Waals surface area contributed by atoms with Crippen LogP contribution < -0.4 is 5.73 Å². The molecular weight excluding hydrogens is 306 g/mol. The largest absolute Gasteiger partial charge is 0.321 e. The molecule has 2 N–H and O–H groups in total. The lowest BCUT2D eigenvalue weighted by Gasteiger charge is -2.35. The molecule has 0 saturated carbocycles. The van der Waals surface area contributed by atoms with E-state index in [0.717, 1.165) is 12.8 Å². The van der Waals surface area contributed by atoms with Gasteiger partial charge in [0.25, 0.3) is 0 Å². The summed E-state index contributed by atoms with van der Waals surface area (Å²) in [7, 11) is 0. The van der Waals surface area contributed by atoms with Crippen molar-refractivity contribution in [3.8, 4) is 0 Å². The maximum absolute atomic E-state index is 6.72. The molecule has 0 bridgehead atoms. The normalized spacial score (nSPS) is 22.8. The first-order valence-corrected chi connectivity index (χ1v) is 7.95. The highest BCUT2D eigenvalue weighted by Crippen LogP contribution is 2.38. The first-order chi connectivity index (χ1) is 8.69. The van der Waals surface area contributed by atoms with Crippen molar-refractivity contribution in [1.29, 1.82) is 0 Å². The third-order valence-electron chi connectivity index (χ3n) is 3.79. The molecule has 0 fully saturated rings. The molecule has 1 aliphatic carbocycles. The molecule has 1 nitrogen and oxygen atoms in total. The minimum atomic E-state index is -0.192. The number of nitrogens with two attached hydrogens (primary N) is 1. The van der Waals surface area contributed by atoms with E-state index < -0.39 is 0 Å².